The van der Waals surface area contributed by atoms with Crippen LogP contribution < -0.4 is 10.6 Å². The second-order valence-corrected chi connectivity index (χ2v) is 5.77. The van der Waals surface area contributed by atoms with Gasteiger partial charge in [0.2, 0.25) is 0 Å². The van der Waals surface area contributed by atoms with E-state index in [0.29, 0.717) is 6.04 Å². The molecule has 2 aromatic rings. The zero-order chi connectivity index (χ0) is 13.4. The number of rotatable bonds is 2. The molecule has 4 nitrogen and oxygen atoms in total. The van der Waals surface area contributed by atoms with Gasteiger partial charge >= 0.3 is 0 Å². The first-order chi connectivity index (χ1) is 9.92. The molecule has 4 rings (SSSR count). The van der Waals surface area contributed by atoms with Crippen LogP contribution in [0, 0.1) is 0 Å². The largest absolute Gasteiger partial charge is 0.364 e. The smallest absolute Gasteiger partial charge is 0.151 e. The summed E-state index contributed by atoms with van der Waals surface area (Å²) in [4.78, 5) is 0. The van der Waals surface area contributed by atoms with Gasteiger partial charge in [0.05, 0.1) is 5.69 Å². The predicted octanol–water partition coefficient (Wildman–Crippen LogP) is 2.34. The number of hydrogen-bond donors (Lipinski definition) is 3. The molecule has 0 radical (unpaired) electrons. The van der Waals surface area contributed by atoms with Crippen molar-refractivity contribution in [2.75, 3.05) is 18.4 Å². The Labute approximate surface area is 119 Å². The minimum absolute atomic E-state index is 0.515. The van der Waals surface area contributed by atoms with Crippen LogP contribution in [-0.4, -0.2) is 29.3 Å². The molecule has 2 aliphatic rings. The fourth-order valence-corrected chi connectivity index (χ4v) is 3.36. The Morgan fingerprint density at radius 2 is 2.15 bits per heavy atom. The minimum Gasteiger partial charge on any atom is -0.364 e. The van der Waals surface area contributed by atoms with E-state index in [0.717, 1.165) is 31.7 Å². The van der Waals surface area contributed by atoms with Crippen molar-refractivity contribution in [3.05, 3.63) is 35.4 Å². The lowest BCUT2D eigenvalue weighted by molar-refractivity contribution is 0.778. The van der Waals surface area contributed by atoms with Crippen molar-refractivity contribution in [1.29, 1.82) is 0 Å². The first-order valence-corrected chi connectivity index (χ1v) is 7.54. The van der Waals surface area contributed by atoms with Crippen molar-refractivity contribution in [3.8, 4) is 11.3 Å². The van der Waals surface area contributed by atoms with Gasteiger partial charge in [0.25, 0.3) is 0 Å². The average Bonchev–Trinajstić information content (AvgIpc) is 3.07. The van der Waals surface area contributed by atoms with Gasteiger partial charge in [-0.3, -0.25) is 5.10 Å². The number of anilines is 1. The summed E-state index contributed by atoms with van der Waals surface area (Å²) >= 11 is 0. The van der Waals surface area contributed by atoms with Gasteiger partial charge in [-0.25, -0.2) is 0 Å². The van der Waals surface area contributed by atoms with Crippen molar-refractivity contribution >= 4 is 5.82 Å². The van der Waals surface area contributed by atoms with Gasteiger partial charge < -0.3 is 10.6 Å². The van der Waals surface area contributed by atoms with E-state index in [1.807, 2.05) is 0 Å². The molecule has 0 amide bonds. The fourth-order valence-electron chi connectivity index (χ4n) is 3.36. The fraction of sp³-hybridized carbons (Fsp3) is 0.438. The monoisotopic (exact) mass is 268 g/mol. The first kappa shape index (κ1) is 12.0. The zero-order valence-corrected chi connectivity index (χ0v) is 11.6. The summed E-state index contributed by atoms with van der Waals surface area (Å²) in [5.74, 6) is 1.06. The highest BCUT2D eigenvalue weighted by Crippen LogP contribution is 2.34. The summed E-state index contributed by atoms with van der Waals surface area (Å²) in [5, 5.41) is 14.8. The van der Waals surface area contributed by atoms with E-state index in [9.17, 15) is 0 Å². The third kappa shape index (κ3) is 2.00. The Bertz CT molecular complexity index is 611. The molecule has 0 saturated carbocycles. The summed E-state index contributed by atoms with van der Waals surface area (Å²) in [6.45, 7) is 2.14. The van der Waals surface area contributed by atoms with Crippen LogP contribution in [0.5, 0.6) is 0 Å². The molecule has 3 N–H and O–H groups in total. The minimum atomic E-state index is 0.515. The number of H-pyrrole nitrogens is 1. The van der Waals surface area contributed by atoms with Crippen LogP contribution in [0.4, 0.5) is 5.82 Å². The molecule has 1 aromatic heterocycles. The van der Waals surface area contributed by atoms with E-state index >= 15 is 0 Å². The van der Waals surface area contributed by atoms with E-state index in [1.165, 1.54) is 35.2 Å². The number of aromatic amines is 1. The highest BCUT2D eigenvalue weighted by atomic mass is 15.2. The normalized spacial score (nSPS) is 21.1. The van der Waals surface area contributed by atoms with Crippen LogP contribution in [0.15, 0.2) is 24.3 Å². The number of nitrogens with zero attached hydrogens (tertiary/aromatic N) is 1. The predicted molar refractivity (Wildman–Crippen MR) is 80.9 cm³/mol. The van der Waals surface area contributed by atoms with Crippen molar-refractivity contribution in [2.45, 2.75) is 31.7 Å². The van der Waals surface area contributed by atoms with Crippen LogP contribution in [0.1, 0.15) is 24.0 Å². The summed E-state index contributed by atoms with van der Waals surface area (Å²) in [6.07, 6.45) is 4.63. The summed E-state index contributed by atoms with van der Waals surface area (Å²) < 4.78 is 0. The highest BCUT2D eigenvalue weighted by molar-refractivity contribution is 5.72. The van der Waals surface area contributed by atoms with Crippen molar-refractivity contribution in [3.63, 3.8) is 0 Å². The zero-order valence-electron chi connectivity index (χ0n) is 11.6. The van der Waals surface area contributed by atoms with Crippen LogP contribution >= 0.6 is 0 Å². The third-order valence-electron chi connectivity index (χ3n) is 4.43. The Morgan fingerprint density at radius 1 is 1.20 bits per heavy atom. The van der Waals surface area contributed by atoms with Crippen LogP contribution in [0.3, 0.4) is 0 Å². The molecular weight excluding hydrogens is 248 g/mol. The second-order valence-electron chi connectivity index (χ2n) is 5.77. The van der Waals surface area contributed by atoms with Gasteiger partial charge in [0.1, 0.15) is 0 Å². The van der Waals surface area contributed by atoms with Crippen molar-refractivity contribution in [2.24, 2.45) is 0 Å². The molecule has 1 atom stereocenters. The lowest BCUT2D eigenvalue weighted by Gasteiger charge is -2.11. The first-order valence-electron chi connectivity index (χ1n) is 7.54. The highest BCUT2D eigenvalue weighted by Gasteiger charge is 2.22. The van der Waals surface area contributed by atoms with Crippen molar-refractivity contribution < 1.29 is 0 Å². The molecule has 0 spiro atoms. The van der Waals surface area contributed by atoms with Gasteiger partial charge in [-0.05, 0) is 37.8 Å². The molecule has 1 aromatic carbocycles. The average molecular weight is 268 g/mol. The molecule has 104 valence electrons. The molecule has 1 fully saturated rings. The van der Waals surface area contributed by atoms with Gasteiger partial charge in [-0.15, -0.1) is 0 Å². The molecule has 0 bridgehead atoms. The Balaban J connectivity index is 1.71. The van der Waals surface area contributed by atoms with E-state index in [4.69, 9.17) is 0 Å². The van der Waals surface area contributed by atoms with E-state index in [-0.39, 0.29) is 0 Å². The molecule has 4 heteroatoms. The topological polar surface area (TPSA) is 52.7 Å². The quantitative estimate of drug-likeness (QED) is 0.783. The van der Waals surface area contributed by atoms with Gasteiger partial charge in [0, 0.05) is 23.7 Å². The van der Waals surface area contributed by atoms with Crippen LogP contribution in [0.25, 0.3) is 11.3 Å². The Kier molecular flexibility index (Phi) is 2.96. The standard InChI is InChI=1S/C16H20N4/c1-2-6-13-11(4-1)5-3-7-14-15(13)19-20-16(14)18-12-8-9-17-10-12/h1-2,4,6,12,17H,3,5,7-10H2,(H2,18,19,20). The number of hydrogen-bond acceptors (Lipinski definition) is 3. The van der Waals surface area contributed by atoms with E-state index in [1.54, 1.807) is 0 Å². The van der Waals surface area contributed by atoms with E-state index in [2.05, 4.69) is 45.1 Å². The lowest BCUT2D eigenvalue weighted by Crippen LogP contribution is -2.22. The van der Waals surface area contributed by atoms with E-state index < -0.39 is 0 Å². The number of aromatic nitrogens is 2. The van der Waals surface area contributed by atoms with Gasteiger partial charge in [-0.1, -0.05) is 24.3 Å². The van der Waals surface area contributed by atoms with Crippen LogP contribution in [0.2, 0.25) is 0 Å². The summed E-state index contributed by atoms with van der Waals surface area (Å²) in [7, 11) is 0. The van der Waals surface area contributed by atoms with Crippen molar-refractivity contribution in [1.82, 2.24) is 15.5 Å². The maximum absolute atomic E-state index is 4.54. The maximum atomic E-state index is 4.54. The van der Waals surface area contributed by atoms with Gasteiger partial charge in [-0.2, -0.15) is 5.10 Å². The molecule has 1 aliphatic carbocycles. The molecule has 1 unspecified atom stereocenters. The Morgan fingerprint density at radius 3 is 3.05 bits per heavy atom. The molecule has 20 heavy (non-hydrogen) atoms. The number of aryl methyl sites for hydroxylation is 1. The molecular formula is C16H20N4. The van der Waals surface area contributed by atoms with Crippen LogP contribution in [-0.2, 0) is 12.8 Å². The SMILES string of the molecule is c1ccc2c(c1)CCCc1c(NC3CCNC3)n[nH]c1-2. The number of fused-ring (bicyclic) bond motifs is 3. The maximum Gasteiger partial charge on any atom is 0.151 e. The summed E-state index contributed by atoms with van der Waals surface area (Å²) in [5.41, 5.74) is 5.34. The summed E-state index contributed by atoms with van der Waals surface area (Å²) in [6, 6.07) is 9.20. The number of nitrogens with one attached hydrogen (secondary N) is 3. The lowest BCUT2D eigenvalue weighted by atomic mass is 10.0. The molecule has 1 aliphatic heterocycles. The van der Waals surface area contributed by atoms with Gasteiger partial charge in [0.15, 0.2) is 5.82 Å². The third-order valence-corrected chi connectivity index (χ3v) is 4.43. The number of benzene rings is 1. The molecule has 2 heterocycles. The second kappa shape index (κ2) is 4.94. The Hall–Kier alpha value is -1.81. The molecule has 1 saturated heterocycles.